The molecule has 2 aliphatic rings. The van der Waals surface area contributed by atoms with Crippen molar-refractivity contribution in [3.63, 3.8) is 0 Å². The van der Waals surface area contributed by atoms with Gasteiger partial charge in [0.2, 0.25) is 5.91 Å². The second-order valence-corrected chi connectivity index (χ2v) is 9.68. The fourth-order valence-corrected chi connectivity index (χ4v) is 5.14. The third-order valence-electron chi connectivity index (χ3n) is 6.24. The van der Waals surface area contributed by atoms with E-state index in [0.29, 0.717) is 23.4 Å². The Morgan fingerprint density at radius 3 is 2.67 bits per heavy atom. The zero-order valence-electron chi connectivity index (χ0n) is 18.8. The van der Waals surface area contributed by atoms with Gasteiger partial charge in [-0.25, -0.2) is 9.18 Å². The molecule has 0 bridgehead atoms. The molecule has 1 saturated carbocycles. The molecule has 2 fully saturated rings. The highest BCUT2D eigenvalue weighted by molar-refractivity contribution is 7.99. The molecule has 0 spiro atoms. The Labute approximate surface area is 197 Å². The van der Waals surface area contributed by atoms with Crippen LogP contribution in [0, 0.1) is 11.7 Å². The zero-order valence-corrected chi connectivity index (χ0v) is 19.6. The summed E-state index contributed by atoms with van der Waals surface area (Å²) in [5, 5.41) is 14.4. The van der Waals surface area contributed by atoms with Crippen LogP contribution in [0.25, 0.3) is 11.4 Å². The summed E-state index contributed by atoms with van der Waals surface area (Å²) in [6.07, 6.45) is 6.28. The predicted octanol–water partition coefficient (Wildman–Crippen LogP) is 3.76. The summed E-state index contributed by atoms with van der Waals surface area (Å²) in [5.74, 6) is 0.320. The number of carbonyl (C=O) groups is 2. The number of benzene rings is 1. The van der Waals surface area contributed by atoms with E-state index < -0.39 is 11.9 Å². The normalized spacial score (nSPS) is 22.8. The lowest BCUT2D eigenvalue weighted by Gasteiger charge is -2.29. The number of ether oxygens (including phenoxy) is 1. The second kappa shape index (κ2) is 11.1. The van der Waals surface area contributed by atoms with Gasteiger partial charge in [-0.2, -0.15) is 0 Å². The maximum atomic E-state index is 13.4. The Morgan fingerprint density at radius 2 is 1.94 bits per heavy atom. The zero-order chi connectivity index (χ0) is 23.2. The highest BCUT2D eigenvalue weighted by Gasteiger charge is 2.25. The average Bonchev–Trinajstić information content (AvgIpc) is 3.45. The van der Waals surface area contributed by atoms with Crippen LogP contribution in [-0.2, 0) is 16.1 Å². The van der Waals surface area contributed by atoms with Crippen LogP contribution in [0.3, 0.4) is 0 Å². The molecule has 3 atom stereocenters. The van der Waals surface area contributed by atoms with Crippen LogP contribution in [0.2, 0.25) is 0 Å². The Bertz CT molecular complexity index is 962. The SMILES string of the molecule is C[C@@H]1CCCC[C@H]1NC(=O)NC(=O)CSc1nnc(-c2ccc(F)cc2)n1C[C@H]1CCCO1. The van der Waals surface area contributed by atoms with Crippen LogP contribution < -0.4 is 10.6 Å². The van der Waals surface area contributed by atoms with E-state index in [1.807, 2.05) is 4.57 Å². The molecule has 8 nitrogen and oxygen atoms in total. The molecular weight excluding hydrogens is 445 g/mol. The molecule has 2 N–H and O–H groups in total. The van der Waals surface area contributed by atoms with Gasteiger partial charge in [-0.15, -0.1) is 10.2 Å². The topological polar surface area (TPSA) is 98.1 Å². The van der Waals surface area contributed by atoms with Gasteiger partial charge in [0.15, 0.2) is 11.0 Å². The van der Waals surface area contributed by atoms with Gasteiger partial charge >= 0.3 is 6.03 Å². The van der Waals surface area contributed by atoms with E-state index >= 15 is 0 Å². The number of imide groups is 1. The van der Waals surface area contributed by atoms with Gasteiger partial charge < -0.3 is 10.1 Å². The van der Waals surface area contributed by atoms with Crippen molar-refractivity contribution in [2.45, 2.75) is 69.3 Å². The molecule has 2 heterocycles. The van der Waals surface area contributed by atoms with Crippen molar-refractivity contribution in [2.24, 2.45) is 5.92 Å². The van der Waals surface area contributed by atoms with Crippen LogP contribution in [0.1, 0.15) is 45.4 Å². The minimum absolute atomic E-state index is 0.0285. The number of hydrogen-bond donors (Lipinski definition) is 2. The lowest BCUT2D eigenvalue weighted by molar-refractivity contribution is -0.117. The van der Waals surface area contributed by atoms with E-state index in [9.17, 15) is 14.0 Å². The first-order chi connectivity index (χ1) is 16.0. The number of hydrogen-bond acceptors (Lipinski definition) is 6. The molecule has 178 valence electrons. The highest BCUT2D eigenvalue weighted by atomic mass is 32.2. The largest absolute Gasteiger partial charge is 0.376 e. The summed E-state index contributed by atoms with van der Waals surface area (Å²) < 4.78 is 21.1. The Balaban J connectivity index is 1.38. The van der Waals surface area contributed by atoms with E-state index in [-0.39, 0.29) is 23.7 Å². The number of carbonyl (C=O) groups excluding carboxylic acids is 2. The van der Waals surface area contributed by atoms with Crippen molar-refractivity contribution in [2.75, 3.05) is 12.4 Å². The van der Waals surface area contributed by atoms with Crippen molar-refractivity contribution in [1.82, 2.24) is 25.4 Å². The van der Waals surface area contributed by atoms with E-state index in [4.69, 9.17) is 4.74 Å². The average molecular weight is 476 g/mol. The molecule has 10 heteroatoms. The van der Waals surface area contributed by atoms with Crippen LogP contribution in [0.15, 0.2) is 29.4 Å². The lowest BCUT2D eigenvalue weighted by atomic mass is 9.86. The van der Waals surface area contributed by atoms with Crippen LogP contribution in [0.4, 0.5) is 9.18 Å². The molecule has 1 aliphatic heterocycles. The van der Waals surface area contributed by atoms with Gasteiger partial charge in [0.25, 0.3) is 0 Å². The van der Waals surface area contributed by atoms with E-state index in [1.54, 1.807) is 12.1 Å². The first kappa shape index (κ1) is 23.7. The first-order valence-electron chi connectivity index (χ1n) is 11.5. The third-order valence-corrected chi connectivity index (χ3v) is 7.21. The molecule has 2 aromatic rings. The van der Waals surface area contributed by atoms with Gasteiger partial charge in [0.1, 0.15) is 5.82 Å². The van der Waals surface area contributed by atoms with Crippen molar-refractivity contribution >= 4 is 23.7 Å². The smallest absolute Gasteiger partial charge is 0.321 e. The summed E-state index contributed by atoms with van der Waals surface area (Å²) in [6.45, 7) is 3.39. The van der Waals surface area contributed by atoms with Crippen LogP contribution in [0.5, 0.6) is 0 Å². The molecule has 1 aromatic heterocycles. The molecule has 4 rings (SSSR count). The fourth-order valence-electron chi connectivity index (χ4n) is 4.39. The van der Waals surface area contributed by atoms with Crippen molar-refractivity contribution in [1.29, 1.82) is 0 Å². The Morgan fingerprint density at radius 1 is 1.15 bits per heavy atom. The number of rotatable bonds is 7. The molecular formula is C23H30FN5O3S. The molecule has 0 radical (unpaired) electrons. The summed E-state index contributed by atoms with van der Waals surface area (Å²) in [4.78, 5) is 24.7. The van der Waals surface area contributed by atoms with Gasteiger partial charge in [-0.05, 0) is 55.9 Å². The predicted molar refractivity (Wildman–Crippen MR) is 123 cm³/mol. The third kappa shape index (κ3) is 6.32. The minimum Gasteiger partial charge on any atom is -0.376 e. The summed E-state index contributed by atoms with van der Waals surface area (Å²) >= 11 is 1.21. The van der Waals surface area contributed by atoms with E-state index in [0.717, 1.165) is 44.3 Å². The number of thioether (sulfide) groups is 1. The minimum atomic E-state index is -0.452. The molecule has 1 saturated heterocycles. The maximum Gasteiger partial charge on any atom is 0.321 e. The second-order valence-electron chi connectivity index (χ2n) is 8.74. The number of halogens is 1. The highest BCUT2D eigenvalue weighted by Crippen LogP contribution is 2.27. The summed E-state index contributed by atoms with van der Waals surface area (Å²) in [6, 6.07) is 5.73. The number of nitrogens with one attached hydrogen (secondary N) is 2. The number of amides is 3. The van der Waals surface area contributed by atoms with E-state index in [1.165, 1.54) is 30.3 Å². The standard InChI is InChI=1S/C23H30FN5O3S/c1-15-5-2-3-7-19(15)25-22(31)26-20(30)14-33-23-28-27-21(16-8-10-17(24)11-9-16)29(23)13-18-6-4-12-32-18/h8-11,15,18-19H,2-7,12-14H2,1H3,(H2,25,26,30,31)/t15-,18-,19-/m1/s1. The Kier molecular flexibility index (Phi) is 7.97. The number of nitrogens with zero attached hydrogens (tertiary/aromatic N) is 3. The fraction of sp³-hybridized carbons (Fsp3) is 0.565. The summed E-state index contributed by atoms with van der Waals surface area (Å²) in [5.41, 5.74) is 0.735. The first-order valence-corrected chi connectivity index (χ1v) is 12.5. The maximum absolute atomic E-state index is 13.4. The molecule has 33 heavy (non-hydrogen) atoms. The molecule has 1 aromatic carbocycles. The Hall–Kier alpha value is -2.46. The molecule has 1 aliphatic carbocycles. The lowest BCUT2D eigenvalue weighted by Crippen LogP contribution is -2.48. The van der Waals surface area contributed by atoms with E-state index in [2.05, 4.69) is 27.8 Å². The van der Waals surface area contributed by atoms with Crippen LogP contribution in [-0.4, -0.2) is 51.2 Å². The van der Waals surface area contributed by atoms with Crippen molar-refractivity contribution < 1.29 is 18.7 Å². The van der Waals surface area contributed by atoms with Crippen molar-refractivity contribution in [3.05, 3.63) is 30.1 Å². The van der Waals surface area contributed by atoms with Gasteiger partial charge in [0, 0.05) is 18.2 Å². The number of aromatic nitrogens is 3. The molecule has 3 amide bonds. The monoisotopic (exact) mass is 475 g/mol. The van der Waals surface area contributed by atoms with Gasteiger partial charge in [-0.3, -0.25) is 14.7 Å². The van der Waals surface area contributed by atoms with Gasteiger partial charge in [0.05, 0.1) is 18.4 Å². The van der Waals surface area contributed by atoms with Crippen LogP contribution >= 0.6 is 11.8 Å². The quantitative estimate of drug-likeness (QED) is 0.592. The molecule has 0 unspecified atom stereocenters. The number of urea groups is 1. The van der Waals surface area contributed by atoms with Gasteiger partial charge in [-0.1, -0.05) is 31.5 Å². The van der Waals surface area contributed by atoms with Crippen molar-refractivity contribution in [3.8, 4) is 11.4 Å². The summed E-state index contributed by atoms with van der Waals surface area (Å²) in [7, 11) is 0.